The van der Waals surface area contributed by atoms with Gasteiger partial charge in [-0.2, -0.15) is 0 Å². The van der Waals surface area contributed by atoms with Crippen LogP contribution in [0.3, 0.4) is 0 Å². The van der Waals surface area contributed by atoms with Gasteiger partial charge in [0, 0.05) is 0 Å². The number of aromatic amines is 1. The first kappa shape index (κ1) is 5.10. The molecule has 50 valence electrons. The Kier molecular flexibility index (Phi) is 0.970. The van der Waals surface area contributed by atoms with Gasteiger partial charge >= 0.3 is 5.95 Å². The van der Waals surface area contributed by atoms with Crippen molar-refractivity contribution in [3.05, 3.63) is 19.1 Å². The third-order valence-electron chi connectivity index (χ3n) is 1.01. The maximum atomic E-state index is 4.70. The molecule has 6 nitrogen and oxygen atoms in total. The summed E-state index contributed by atoms with van der Waals surface area (Å²) in [6, 6.07) is 0. The average Bonchev–Trinajstić information content (AvgIpc) is 2.59. The van der Waals surface area contributed by atoms with Gasteiger partial charge in [0.25, 0.3) is 6.39 Å². The zero-order valence-corrected chi connectivity index (χ0v) is 4.93. The van der Waals surface area contributed by atoms with E-state index in [0.29, 0.717) is 5.95 Å². The van der Waals surface area contributed by atoms with E-state index in [1.807, 2.05) is 0 Å². The van der Waals surface area contributed by atoms with Gasteiger partial charge in [0.2, 0.25) is 12.7 Å². The van der Waals surface area contributed by atoms with Crippen LogP contribution < -0.4 is 4.68 Å². The molecule has 6 heteroatoms. The largest absolute Gasteiger partial charge is 0.444 e. The van der Waals surface area contributed by atoms with Crippen LogP contribution in [0.15, 0.2) is 23.5 Å². The van der Waals surface area contributed by atoms with Crippen LogP contribution in [0.5, 0.6) is 0 Å². The van der Waals surface area contributed by atoms with Gasteiger partial charge in [0.15, 0.2) is 0 Å². The molecule has 0 saturated heterocycles. The Hall–Kier alpha value is -1.72. The minimum absolute atomic E-state index is 0.536. The normalized spacial score (nSPS) is 10.0. The fourth-order valence-corrected chi connectivity index (χ4v) is 0.604. The van der Waals surface area contributed by atoms with E-state index in [1.54, 1.807) is 0 Å². The van der Waals surface area contributed by atoms with E-state index in [4.69, 9.17) is 4.42 Å². The van der Waals surface area contributed by atoms with Crippen LogP contribution in [-0.4, -0.2) is 20.3 Å². The van der Waals surface area contributed by atoms with E-state index in [9.17, 15) is 0 Å². The highest BCUT2D eigenvalue weighted by atomic mass is 16.3. The fraction of sp³-hybridized carbons (Fsp3) is 0. The Morgan fingerprint density at radius 1 is 1.60 bits per heavy atom. The van der Waals surface area contributed by atoms with Gasteiger partial charge in [-0.05, 0) is 0 Å². The summed E-state index contributed by atoms with van der Waals surface area (Å²) in [6.07, 6.45) is 4.13. The highest BCUT2D eigenvalue weighted by Gasteiger charge is 2.08. The molecule has 0 saturated carbocycles. The maximum Gasteiger partial charge on any atom is 0.444 e. The summed E-state index contributed by atoms with van der Waals surface area (Å²) in [5.41, 5.74) is 0. The summed E-state index contributed by atoms with van der Waals surface area (Å²) in [5.74, 6) is 0.536. The quantitative estimate of drug-likeness (QED) is 0.517. The third kappa shape index (κ3) is 0.661. The van der Waals surface area contributed by atoms with E-state index in [-0.39, 0.29) is 0 Å². The molecular weight excluding hydrogens is 134 g/mol. The zero-order chi connectivity index (χ0) is 6.81. The summed E-state index contributed by atoms with van der Waals surface area (Å²) in [6.45, 7) is 0. The lowest BCUT2D eigenvalue weighted by Gasteiger charge is -1.75. The molecule has 0 unspecified atom stereocenters. The van der Waals surface area contributed by atoms with Crippen molar-refractivity contribution in [3.63, 3.8) is 0 Å². The smallest absolute Gasteiger partial charge is 0.418 e. The van der Waals surface area contributed by atoms with Crippen molar-refractivity contribution in [2.75, 3.05) is 0 Å². The molecule has 0 atom stereocenters. The molecule has 0 fully saturated rings. The van der Waals surface area contributed by atoms with Crippen molar-refractivity contribution in [1.82, 2.24) is 20.3 Å². The zero-order valence-electron chi connectivity index (χ0n) is 4.93. The van der Waals surface area contributed by atoms with Crippen LogP contribution in [0.25, 0.3) is 5.95 Å². The second kappa shape index (κ2) is 1.90. The minimum atomic E-state index is 0.536. The van der Waals surface area contributed by atoms with Crippen LogP contribution in [0.1, 0.15) is 0 Å². The highest BCUT2D eigenvalue weighted by molar-refractivity contribution is 4.82. The predicted molar refractivity (Wildman–Crippen MR) is 28.0 cm³/mol. The van der Waals surface area contributed by atoms with Crippen molar-refractivity contribution in [2.45, 2.75) is 0 Å². The molecule has 0 bridgehead atoms. The first-order valence-corrected chi connectivity index (χ1v) is 2.63. The van der Waals surface area contributed by atoms with E-state index in [0.717, 1.165) is 0 Å². The molecule has 0 amide bonds. The third-order valence-corrected chi connectivity index (χ3v) is 1.01. The lowest BCUT2D eigenvalue weighted by atomic mass is 11.0. The molecular formula is C4H4N5O+. The van der Waals surface area contributed by atoms with E-state index < -0.39 is 0 Å². The van der Waals surface area contributed by atoms with Gasteiger partial charge in [0.05, 0.1) is 0 Å². The molecule has 2 aromatic rings. The van der Waals surface area contributed by atoms with Gasteiger partial charge in [-0.15, -0.1) is 5.10 Å². The Morgan fingerprint density at radius 3 is 3.20 bits per heavy atom. The van der Waals surface area contributed by atoms with Crippen molar-refractivity contribution >= 4 is 0 Å². The van der Waals surface area contributed by atoms with Crippen LogP contribution in [0.2, 0.25) is 0 Å². The van der Waals surface area contributed by atoms with Crippen LogP contribution >= 0.6 is 0 Å². The minimum Gasteiger partial charge on any atom is -0.418 e. The number of rotatable bonds is 1. The van der Waals surface area contributed by atoms with Crippen LogP contribution in [0.4, 0.5) is 0 Å². The summed E-state index contributed by atoms with van der Waals surface area (Å²) >= 11 is 0. The Morgan fingerprint density at radius 2 is 2.60 bits per heavy atom. The number of hydrogen-bond donors (Lipinski definition) is 1. The molecule has 0 radical (unpaired) electrons. The number of hydrogen-bond acceptors (Lipinski definition) is 4. The molecule has 2 aromatic heterocycles. The number of aromatic nitrogens is 5. The Labute approximate surface area is 55.5 Å². The fourth-order valence-electron chi connectivity index (χ4n) is 0.604. The average molecular weight is 138 g/mol. The van der Waals surface area contributed by atoms with Crippen molar-refractivity contribution in [3.8, 4) is 5.95 Å². The van der Waals surface area contributed by atoms with Gasteiger partial charge in [-0.1, -0.05) is 19.9 Å². The van der Waals surface area contributed by atoms with Gasteiger partial charge in [-0.25, -0.2) is 0 Å². The molecule has 0 aliphatic heterocycles. The summed E-state index contributed by atoms with van der Waals surface area (Å²) < 4.78 is 6.14. The first-order chi connectivity index (χ1) is 4.97. The molecule has 2 heterocycles. The topological polar surface area (TPSA) is 71.5 Å². The Balaban J connectivity index is 2.48. The lowest BCUT2D eigenvalue weighted by Crippen LogP contribution is -2.32. The standard InChI is InChI=1S/C4H4N5O/c1-5-4(8-6-1)9-3-10-2-7-9/h1-3H,(H,5,6,8)/q+1. The van der Waals surface area contributed by atoms with Crippen molar-refractivity contribution in [2.24, 2.45) is 0 Å². The molecule has 0 aliphatic carbocycles. The van der Waals surface area contributed by atoms with Crippen LogP contribution in [-0.2, 0) is 0 Å². The number of nitrogens with one attached hydrogen (secondary N) is 1. The SMILES string of the molecule is c1n[nH]c(-[n+]2cocn2)n1. The van der Waals surface area contributed by atoms with Crippen molar-refractivity contribution in [1.29, 1.82) is 0 Å². The predicted octanol–water partition coefficient (Wildman–Crippen LogP) is -0.931. The molecule has 0 aromatic carbocycles. The second-order valence-electron chi connectivity index (χ2n) is 1.62. The van der Waals surface area contributed by atoms with E-state index in [2.05, 4.69) is 20.3 Å². The summed E-state index contributed by atoms with van der Waals surface area (Å²) in [7, 11) is 0. The van der Waals surface area contributed by atoms with E-state index >= 15 is 0 Å². The first-order valence-electron chi connectivity index (χ1n) is 2.63. The molecule has 1 N–H and O–H groups in total. The highest BCUT2D eigenvalue weighted by Crippen LogP contribution is 1.80. The van der Waals surface area contributed by atoms with Crippen molar-refractivity contribution < 1.29 is 9.10 Å². The van der Waals surface area contributed by atoms with Crippen LogP contribution in [0, 0.1) is 0 Å². The van der Waals surface area contributed by atoms with E-state index in [1.165, 1.54) is 23.8 Å². The molecule has 0 spiro atoms. The number of H-pyrrole nitrogens is 1. The molecule has 0 aliphatic rings. The lowest BCUT2D eigenvalue weighted by molar-refractivity contribution is -0.667. The van der Waals surface area contributed by atoms with Gasteiger partial charge < -0.3 is 4.42 Å². The number of nitrogens with zero attached hydrogens (tertiary/aromatic N) is 4. The molecule has 10 heavy (non-hydrogen) atoms. The van der Waals surface area contributed by atoms with Gasteiger partial charge in [-0.3, -0.25) is 0 Å². The molecule has 2 rings (SSSR count). The monoisotopic (exact) mass is 138 g/mol. The summed E-state index contributed by atoms with van der Waals surface area (Å²) in [4.78, 5) is 3.83. The van der Waals surface area contributed by atoms with Gasteiger partial charge in [0.1, 0.15) is 0 Å². The Bertz CT molecular complexity index is 253. The second-order valence-corrected chi connectivity index (χ2v) is 1.62. The maximum absolute atomic E-state index is 4.70. The summed E-state index contributed by atoms with van der Waals surface area (Å²) in [5, 5.41) is 10.0.